The molecule has 6 heteroatoms. The fourth-order valence-corrected chi connectivity index (χ4v) is 4.08. The van der Waals surface area contributed by atoms with E-state index in [1.54, 1.807) is 4.90 Å². The molecule has 1 aliphatic heterocycles. The molecule has 2 heterocycles. The molecule has 156 valence electrons. The molecule has 0 spiro atoms. The number of fused-ring (bicyclic) bond motifs is 1. The Morgan fingerprint density at radius 2 is 1.77 bits per heavy atom. The van der Waals surface area contributed by atoms with Crippen LogP contribution in [-0.4, -0.2) is 53.2 Å². The summed E-state index contributed by atoms with van der Waals surface area (Å²) < 4.78 is 7.32. The first kappa shape index (κ1) is 20.2. The van der Waals surface area contributed by atoms with Gasteiger partial charge in [-0.05, 0) is 54.3 Å². The van der Waals surface area contributed by atoms with E-state index < -0.39 is 0 Å². The third kappa shape index (κ3) is 3.83. The highest BCUT2D eigenvalue weighted by Gasteiger charge is 2.20. The van der Waals surface area contributed by atoms with Crippen molar-refractivity contribution >= 4 is 16.9 Å². The Morgan fingerprint density at radius 1 is 1.03 bits per heavy atom. The van der Waals surface area contributed by atoms with E-state index in [1.165, 1.54) is 16.4 Å². The van der Waals surface area contributed by atoms with Gasteiger partial charge in [0.1, 0.15) is 0 Å². The standard InChI is InChI=1S/C24H27N3O3/c1-4-23(28)26-12-9-25(10-13-26)11-14-27-24(29)21-16-20(18(3)15-22(21)30-27)19-8-6-5-7-17(19)2/h4-8,15-16H,1,9-14H2,2-3H3. The first-order chi connectivity index (χ1) is 14.5. The number of rotatable bonds is 5. The molecule has 0 atom stereocenters. The van der Waals surface area contributed by atoms with Gasteiger partial charge in [0.15, 0.2) is 5.58 Å². The van der Waals surface area contributed by atoms with E-state index in [-0.39, 0.29) is 11.5 Å². The molecule has 30 heavy (non-hydrogen) atoms. The SMILES string of the molecule is C=CC(=O)N1CCN(CCn2oc3cc(C)c(-c4ccccc4C)cc3c2=O)CC1. The van der Waals surface area contributed by atoms with Crippen molar-refractivity contribution in [2.24, 2.45) is 0 Å². The number of amides is 1. The maximum Gasteiger partial charge on any atom is 0.290 e. The Labute approximate surface area is 176 Å². The molecule has 1 saturated heterocycles. The summed E-state index contributed by atoms with van der Waals surface area (Å²) in [7, 11) is 0. The molecule has 6 nitrogen and oxygen atoms in total. The number of hydrogen-bond acceptors (Lipinski definition) is 4. The van der Waals surface area contributed by atoms with Crippen LogP contribution in [0.2, 0.25) is 0 Å². The molecule has 0 radical (unpaired) electrons. The number of aryl methyl sites for hydroxylation is 2. The smallest absolute Gasteiger partial charge is 0.290 e. The lowest BCUT2D eigenvalue weighted by Crippen LogP contribution is -2.49. The van der Waals surface area contributed by atoms with Crippen LogP contribution in [0.4, 0.5) is 0 Å². The van der Waals surface area contributed by atoms with Gasteiger partial charge in [-0.2, -0.15) is 4.74 Å². The average molecular weight is 405 g/mol. The number of benzene rings is 2. The van der Waals surface area contributed by atoms with Gasteiger partial charge >= 0.3 is 0 Å². The quantitative estimate of drug-likeness (QED) is 0.612. The van der Waals surface area contributed by atoms with Gasteiger partial charge in [0.05, 0.1) is 11.9 Å². The maximum atomic E-state index is 12.9. The minimum absolute atomic E-state index is 0.0250. The monoisotopic (exact) mass is 405 g/mol. The number of aromatic nitrogens is 1. The van der Waals surface area contributed by atoms with Gasteiger partial charge < -0.3 is 9.42 Å². The van der Waals surface area contributed by atoms with Crippen LogP contribution >= 0.6 is 0 Å². The molecular weight excluding hydrogens is 378 g/mol. The molecule has 0 unspecified atom stereocenters. The summed E-state index contributed by atoms with van der Waals surface area (Å²) in [5.41, 5.74) is 4.99. The lowest BCUT2D eigenvalue weighted by molar-refractivity contribution is -0.127. The number of nitrogens with zero attached hydrogens (tertiary/aromatic N) is 3. The van der Waals surface area contributed by atoms with Crippen LogP contribution in [0.15, 0.2) is 58.4 Å². The van der Waals surface area contributed by atoms with Crippen molar-refractivity contribution in [3.05, 3.63) is 70.5 Å². The Morgan fingerprint density at radius 3 is 2.47 bits per heavy atom. The third-order valence-corrected chi connectivity index (χ3v) is 5.91. The normalized spacial score (nSPS) is 14.9. The topological polar surface area (TPSA) is 58.7 Å². The van der Waals surface area contributed by atoms with E-state index in [9.17, 15) is 9.59 Å². The van der Waals surface area contributed by atoms with Crippen LogP contribution in [0.25, 0.3) is 22.1 Å². The van der Waals surface area contributed by atoms with Crippen LogP contribution in [0, 0.1) is 13.8 Å². The van der Waals surface area contributed by atoms with E-state index >= 15 is 0 Å². The second-order valence-electron chi connectivity index (χ2n) is 7.85. The van der Waals surface area contributed by atoms with Crippen molar-refractivity contribution in [3.63, 3.8) is 0 Å². The summed E-state index contributed by atoms with van der Waals surface area (Å²) in [6.07, 6.45) is 1.36. The van der Waals surface area contributed by atoms with E-state index in [0.717, 1.165) is 29.8 Å². The molecule has 1 aliphatic rings. The fourth-order valence-electron chi connectivity index (χ4n) is 4.08. The Balaban J connectivity index is 1.52. The molecule has 0 bridgehead atoms. The molecule has 4 rings (SSSR count). The molecule has 0 saturated carbocycles. The number of carbonyl (C=O) groups is 1. The molecule has 1 fully saturated rings. The molecule has 0 N–H and O–H groups in total. The van der Waals surface area contributed by atoms with Gasteiger partial charge in [0.2, 0.25) is 5.91 Å². The predicted octanol–water partition coefficient (Wildman–Crippen LogP) is 3.21. The van der Waals surface area contributed by atoms with E-state index in [4.69, 9.17) is 4.52 Å². The number of piperazine rings is 1. The summed E-state index contributed by atoms with van der Waals surface area (Å²) >= 11 is 0. The Hall–Kier alpha value is -3.12. The summed E-state index contributed by atoms with van der Waals surface area (Å²) in [5.74, 6) is -0.0250. The zero-order valence-electron chi connectivity index (χ0n) is 17.6. The van der Waals surface area contributed by atoms with Crippen molar-refractivity contribution in [2.45, 2.75) is 20.4 Å². The van der Waals surface area contributed by atoms with Gasteiger partial charge in [-0.1, -0.05) is 30.8 Å². The predicted molar refractivity (Wildman–Crippen MR) is 119 cm³/mol. The molecule has 1 amide bonds. The van der Waals surface area contributed by atoms with Crippen molar-refractivity contribution in [1.82, 2.24) is 14.5 Å². The third-order valence-electron chi connectivity index (χ3n) is 5.91. The second-order valence-corrected chi connectivity index (χ2v) is 7.85. The van der Waals surface area contributed by atoms with Crippen LogP contribution in [0.1, 0.15) is 11.1 Å². The van der Waals surface area contributed by atoms with Crippen LogP contribution in [0.3, 0.4) is 0 Å². The number of carbonyl (C=O) groups excluding carboxylic acids is 1. The van der Waals surface area contributed by atoms with E-state index in [1.807, 2.05) is 31.2 Å². The summed E-state index contributed by atoms with van der Waals surface area (Å²) in [6.45, 7) is 11.8. The fraction of sp³-hybridized carbons (Fsp3) is 0.333. The lowest BCUT2D eigenvalue weighted by atomic mass is 9.95. The highest BCUT2D eigenvalue weighted by Crippen LogP contribution is 2.29. The minimum atomic E-state index is -0.0969. The van der Waals surface area contributed by atoms with Crippen molar-refractivity contribution in [1.29, 1.82) is 0 Å². The highest BCUT2D eigenvalue weighted by atomic mass is 16.5. The molecule has 1 aromatic heterocycles. The molecular formula is C24H27N3O3. The molecule has 2 aromatic carbocycles. The van der Waals surface area contributed by atoms with E-state index in [0.29, 0.717) is 37.1 Å². The van der Waals surface area contributed by atoms with Gasteiger partial charge in [0, 0.05) is 32.7 Å². The molecule has 0 aliphatic carbocycles. The first-order valence-corrected chi connectivity index (χ1v) is 10.3. The van der Waals surface area contributed by atoms with Crippen LogP contribution in [0.5, 0.6) is 0 Å². The van der Waals surface area contributed by atoms with Crippen LogP contribution in [-0.2, 0) is 11.3 Å². The van der Waals surface area contributed by atoms with E-state index in [2.05, 4.69) is 30.5 Å². The minimum Gasteiger partial charge on any atom is -0.376 e. The summed E-state index contributed by atoms with van der Waals surface area (Å²) in [4.78, 5) is 28.7. The largest absolute Gasteiger partial charge is 0.376 e. The number of hydrogen-bond donors (Lipinski definition) is 0. The van der Waals surface area contributed by atoms with Gasteiger partial charge in [0.25, 0.3) is 5.56 Å². The lowest BCUT2D eigenvalue weighted by Gasteiger charge is -2.33. The van der Waals surface area contributed by atoms with Gasteiger partial charge in [-0.3, -0.25) is 14.5 Å². The maximum absolute atomic E-state index is 12.9. The van der Waals surface area contributed by atoms with Crippen molar-refractivity contribution < 1.29 is 9.32 Å². The molecule has 3 aromatic rings. The Kier molecular flexibility index (Phi) is 5.59. The van der Waals surface area contributed by atoms with Crippen molar-refractivity contribution in [3.8, 4) is 11.1 Å². The highest BCUT2D eigenvalue weighted by molar-refractivity contribution is 5.87. The zero-order chi connectivity index (χ0) is 21.3. The van der Waals surface area contributed by atoms with Gasteiger partial charge in [-0.25, -0.2) is 0 Å². The van der Waals surface area contributed by atoms with Crippen molar-refractivity contribution in [2.75, 3.05) is 32.7 Å². The van der Waals surface area contributed by atoms with Crippen LogP contribution < -0.4 is 5.56 Å². The summed E-state index contributed by atoms with van der Waals surface area (Å²) in [5, 5.41) is 0.611. The second kappa shape index (κ2) is 8.32. The van der Waals surface area contributed by atoms with Gasteiger partial charge in [-0.15, -0.1) is 0 Å². The zero-order valence-corrected chi connectivity index (χ0v) is 17.6. The Bertz CT molecular complexity index is 1150. The first-order valence-electron chi connectivity index (χ1n) is 10.3. The summed E-state index contributed by atoms with van der Waals surface area (Å²) in [6, 6.07) is 12.1. The average Bonchev–Trinajstić information content (AvgIpc) is 3.06.